The quantitative estimate of drug-likeness (QED) is 0.630. The van der Waals surface area contributed by atoms with Crippen LogP contribution in [0.1, 0.15) is 57.7 Å². The van der Waals surface area contributed by atoms with Gasteiger partial charge in [0, 0.05) is 17.2 Å². The number of aryl methyl sites for hydroxylation is 1. The first kappa shape index (κ1) is 20.0. The number of benzene rings is 2. The van der Waals surface area contributed by atoms with Crippen LogP contribution in [-0.2, 0) is 0 Å². The van der Waals surface area contributed by atoms with E-state index in [1.807, 2.05) is 16.8 Å². The molecule has 6 heteroatoms. The molecule has 1 saturated heterocycles. The second-order valence-corrected chi connectivity index (χ2v) is 7.81. The van der Waals surface area contributed by atoms with Crippen molar-refractivity contribution < 1.29 is 9.59 Å². The Hall–Kier alpha value is -3.25. The van der Waals surface area contributed by atoms with E-state index in [2.05, 4.69) is 34.8 Å². The summed E-state index contributed by atoms with van der Waals surface area (Å²) in [6, 6.07) is 15.1. The Morgan fingerprint density at radius 3 is 2.50 bits per heavy atom. The number of piperidine rings is 1. The van der Waals surface area contributed by atoms with Gasteiger partial charge in [-0.2, -0.15) is 5.10 Å². The molecule has 0 saturated carbocycles. The molecule has 1 fully saturated rings. The van der Waals surface area contributed by atoms with Crippen LogP contribution in [0.15, 0.2) is 54.7 Å². The standard InChI is InChI=1S/C24H26N4O2/c1-16-4-3-5-21(14-16)28-23(19-10-12-25-13-11-19)22(15-26-28)24(30)27-20-8-6-18(7-9-20)17(2)29/h3-9,14-15,19,25H,10-13H2,1-2H3,(H,27,30). The van der Waals surface area contributed by atoms with Crippen LogP contribution < -0.4 is 10.6 Å². The number of hydrogen-bond donors (Lipinski definition) is 2. The van der Waals surface area contributed by atoms with Gasteiger partial charge in [0.2, 0.25) is 0 Å². The number of aromatic nitrogens is 2. The lowest BCUT2D eigenvalue weighted by molar-refractivity contribution is 0.101. The minimum atomic E-state index is -0.182. The van der Waals surface area contributed by atoms with E-state index in [4.69, 9.17) is 0 Å². The molecule has 0 bridgehead atoms. The Bertz CT molecular complexity index is 1060. The lowest BCUT2D eigenvalue weighted by Crippen LogP contribution is -2.29. The van der Waals surface area contributed by atoms with E-state index < -0.39 is 0 Å². The molecule has 2 N–H and O–H groups in total. The number of nitrogens with one attached hydrogen (secondary N) is 2. The Labute approximate surface area is 176 Å². The van der Waals surface area contributed by atoms with Crippen molar-refractivity contribution in [1.82, 2.24) is 15.1 Å². The molecular weight excluding hydrogens is 376 g/mol. The summed E-state index contributed by atoms with van der Waals surface area (Å²) in [6.07, 6.45) is 3.59. The zero-order chi connectivity index (χ0) is 21.1. The number of amides is 1. The third kappa shape index (κ3) is 4.19. The van der Waals surface area contributed by atoms with Crippen molar-refractivity contribution in [3.05, 3.63) is 77.1 Å². The van der Waals surface area contributed by atoms with Gasteiger partial charge in [-0.25, -0.2) is 4.68 Å². The van der Waals surface area contributed by atoms with E-state index in [-0.39, 0.29) is 17.6 Å². The predicted molar refractivity (Wildman–Crippen MR) is 118 cm³/mol. The molecule has 2 heterocycles. The summed E-state index contributed by atoms with van der Waals surface area (Å²) in [5.74, 6) is 0.0774. The average Bonchev–Trinajstić information content (AvgIpc) is 3.20. The molecular formula is C24H26N4O2. The smallest absolute Gasteiger partial charge is 0.259 e. The maximum atomic E-state index is 13.2. The largest absolute Gasteiger partial charge is 0.322 e. The molecule has 1 aliphatic rings. The number of ketones is 1. The zero-order valence-electron chi connectivity index (χ0n) is 17.3. The van der Waals surface area contributed by atoms with E-state index in [0.717, 1.165) is 42.9 Å². The predicted octanol–water partition coefficient (Wildman–Crippen LogP) is 4.10. The van der Waals surface area contributed by atoms with Crippen molar-refractivity contribution >= 4 is 17.4 Å². The van der Waals surface area contributed by atoms with Crippen molar-refractivity contribution in [2.24, 2.45) is 0 Å². The fourth-order valence-electron chi connectivity index (χ4n) is 3.97. The first-order valence-electron chi connectivity index (χ1n) is 10.3. The van der Waals surface area contributed by atoms with Gasteiger partial charge in [0.1, 0.15) is 0 Å². The maximum absolute atomic E-state index is 13.2. The third-order valence-corrected chi connectivity index (χ3v) is 5.57. The summed E-state index contributed by atoms with van der Waals surface area (Å²) in [7, 11) is 0. The molecule has 2 aromatic carbocycles. The fourth-order valence-corrected chi connectivity index (χ4v) is 3.97. The van der Waals surface area contributed by atoms with Crippen LogP contribution in [0.4, 0.5) is 5.69 Å². The zero-order valence-corrected chi connectivity index (χ0v) is 17.3. The van der Waals surface area contributed by atoms with Gasteiger partial charge in [0.15, 0.2) is 5.78 Å². The van der Waals surface area contributed by atoms with Crippen LogP contribution in [-0.4, -0.2) is 34.6 Å². The monoisotopic (exact) mass is 402 g/mol. The highest BCUT2D eigenvalue weighted by atomic mass is 16.1. The SMILES string of the molecule is CC(=O)c1ccc(NC(=O)c2cnn(-c3cccc(C)c3)c2C2CCNCC2)cc1. The molecule has 0 atom stereocenters. The topological polar surface area (TPSA) is 76.0 Å². The molecule has 0 unspecified atom stereocenters. The molecule has 0 radical (unpaired) electrons. The van der Waals surface area contributed by atoms with E-state index >= 15 is 0 Å². The Kier molecular flexibility index (Phi) is 5.77. The normalized spacial score (nSPS) is 14.5. The van der Waals surface area contributed by atoms with Crippen LogP contribution in [0.25, 0.3) is 5.69 Å². The number of hydrogen-bond acceptors (Lipinski definition) is 4. The van der Waals surface area contributed by atoms with Crippen LogP contribution in [0.2, 0.25) is 0 Å². The van der Waals surface area contributed by atoms with E-state index in [0.29, 0.717) is 16.8 Å². The minimum absolute atomic E-state index is 0.000465. The van der Waals surface area contributed by atoms with Gasteiger partial charge >= 0.3 is 0 Å². The lowest BCUT2D eigenvalue weighted by atomic mass is 9.91. The Morgan fingerprint density at radius 2 is 1.83 bits per heavy atom. The van der Waals surface area contributed by atoms with E-state index in [1.165, 1.54) is 6.92 Å². The highest BCUT2D eigenvalue weighted by Crippen LogP contribution is 2.31. The van der Waals surface area contributed by atoms with Gasteiger partial charge < -0.3 is 10.6 Å². The van der Waals surface area contributed by atoms with Crippen LogP contribution in [0.3, 0.4) is 0 Å². The minimum Gasteiger partial charge on any atom is -0.322 e. The summed E-state index contributed by atoms with van der Waals surface area (Å²) in [5.41, 5.74) is 4.95. The van der Waals surface area contributed by atoms with Gasteiger partial charge in [-0.05, 0) is 81.7 Å². The molecule has 0 aliphatic carbocycles. The van der Waals surface area contributed by atoms with Gasteiger partial charge in [-0.15, -0.1) is 0 Å². The van der Waals surface area contributed by atoms with Gasteiger partial charge in [-0.3, -0.25) is 9.59 Å². The number of carbonyl (C=O) groups is 2. The third-order valence-electron chi connectivity index (χ3n) is 5.57. The molecule has 3 aromatic rings. The Morgan fingerprint density at radius 1 is 1.10 bits per heavy atom. The molecule has 30 heavy (non-hydrogen) atoms. The summed E-state index contributed by atoms with van der Waals surface area (Å²) >= 11 is 0. The summed E-state index contributed by atoms with van der Waals surface area (Å²) in [6.45, 7) is 5.43. The second-order valence-electron chi connectivity index (χ2n) is 7.81. The molecule has 1 amide bonds. The maximum Gasteiger partial charge on any atom is 0.259 e. The van der Waals surface area contributed by atoms with Crippen molar-refractivity contribution in [2.45, 2.75) is 32.6 Å². The van der Waals surface area contributed by atoms with Gasteiger partial charge in [-0.1, -0.05) is 12.1 Å². The molecule has 1 aromatic heterocycles. The molecule has 6 nitrogen and oxygen atoms in total. The number of anilines is 1. The number of Topliss-reactive ketones (excluding diaryl/α,β-unsaturated/α-hetero) is 1. The van der Waals surface area contributed by atoms with Crippen molar-refractivity contribution in [3.8, 4) is 5.69 Å². The highest BCUT2D eigenvalue weighted by Gasteiger charge is 2.27. The van der Waals surface area contributed by atoms with Crippen molar-refractivity contribution in [2.75, 3.05) is 18.4 Å². The molecule has 4 rings (SSSR count). The number of carbonyl (C=O) groups excluding carboxylic acids is 2. The highest BCUT2D eigenvalue weighted by molar-refractivity contribution is 6.05. The van der Waals surface area contributed by atoms with Gasteiger partial charge in [0.25, 0.3) is 5.91 Å². The summed E-state index contributed by atoms with van der Waals surface area (Å²) in [4.78, 5) is 24.6. The van der Waals surface area contributed by atoms with Crippen molar-refractivity contribution in [3.63, 3.8) is 0 Å². The average molecular weight is 402 g/mol. The molecule has 0 spiro atoms. The van der Waals surface area contributed by atoms with E-state index in [9.17, 15) is 9.59 Å². The summed E-state index contributed by atoms with van der Waals surface area (Å²) < 4.78 is 1.91. The Balaban J connectivity index is 1.68. The fraction of sp³-hybridized carbons (Fsp3) is 0.292. The second kappa shape index (κ2) is 8.63. The molecule has 154 valence electrons. The number of rotatable bonds is 5. The van der Waals surface area contributed by atoms with Crippen molar-refractivity contribution in [1.29, 1.82) is 0 Å². The van der Waals surface area contributed by atoms with Gasteiger partial charge in [0.05, 0.1) is 23.1 Å². The van der Waals surface area contributed by atoms with Crippen LogP contribution in [0.5, 0.6) is 0 Å². The van der Waals surface area contributed by atoms with Crippen LogP contribution in [0, 0.1) is 6.92 Å². The molecule has 1 aliphatic heterocycles. The first-order valence-corrected chi connectivity index (χ1v) is 10.3. The lowest BCUT2D eigenvalue weighted by Gasteiger charge is -2.24. The van der Waals surface area contributed by atoms with E-state index in [1.54, 1.807) is 30.5 Å². The summed E-state index contributed by atoms with van der Waals surface area (Å²) in [5, 5.41) is 10.9. The number of nitrogens with zero attached hydrogens (tertiary/aromatic N) is 2. The van der Waals surface area contributed by atoms with Crippen LogP contribution >= 0.6 is 0 Å². The first-order chi connectivity index (χ1) is 14.5.